The van der Waals surface area contributed by atoms with Gasteiger partial charge in [0.25, 0.3) is 0 Å². The van der Waals surface area contributed by atoms with Crippen molar-refractivity contribution in [3.05, 3.63) is 29.8 Å². The Kier molecular flexibility index (Phi) is 7.20. The van der Waals surface area contributed by atoms with Gasteiger partial charge in [-0.15, -0.1) is 0 Å². The molecule has 0 radical (unpaired) electrons. The fourth-order valence-corrected chi connectivity index (χ4v) is 3.01. The molecule has 23 heavy (non-hydrogen) atoms. The summed E-state index contributed by atoms with van der Waals surface area (Å²) in [6.45, 7) is 0.939. The molecule has 1 aromatic carbocycles. The molecule has 1 saturated carbocycles. The van der Waals surface area contributed by atoms with E-state index in [1.165, 1.54) is 5.56 Å². The van der Waals surface area contributed by atoms with Crippen LogP contribution >= 0.6 is 0 Å². The SMILES string of the molecule is COc1ccc(CCCNC(=O)NC2CCC(CO)CC2)cc1. The lowest BCUT2D eigenvalue weighted by Crippen LogP contribution is -2.44. The van der Waals surface area contributed by atoms with Crippen molar-refractivity contribution in [1.82, 2.24) is 10.6 Å². The molecule has 0 heterocycles. The number of hydrogen-bond acceptors (Lipinski definition) is 3. The first kappa shape index (κ1) is 17.6. The van der Waals surface area contributed by atoms with E-state index in [9.17, 15) is 4.79 Å². The van der Waals surface area contributed by atoms with Gasteiger partial charge in [-0.1, -0.05) is 12.1 Å². The molecule has 1 aliphatic carbocycles. The van der Waals surface area contributed by atoms with Gasteiger partial charge in [0, 0.05) is 19.2 Å². The number of aliphatic hydroxyl groups excluding tert-OH is 1. The summed E-state index contributed by atoms with van der Waals surface area (Å²) in [5.74, 6) is 1.28. The fraction of sp³-hybridized carbons (Fsp3) is 0.611. The van der Waals surface area contributed by atoms with E-state index in [1.807, 2.05) is 12.1 Å². The van der Waals surface area contributed by atoms with E-state index in [2.05, 4.69) is 22.8 Å². The fourth-order valence-electron chi connectivity index (χ4n) is 3.01. The summed E-state index contributed by atoms with van der Waals surface area (Å²) in [7, 11) is 1.66. The Morgan fingerprint density at radius 3 is 2.52 bits per heavy atom. The van der Waals surface area contributed by atoms with E-state index in [4.69, 9.17) is 9.84 Å². The second kappa shape index (κ2) is 9.40. The molecule has 0 aromatic heterocycles. The number of carbonyl (C=O) groups is 1. The summed E-state index contributed by atoms with van der Waals surface area (Å²) in [5, 5.41) is 15.1. The first-order valence-corrected chi connectivity index (χ1v) is 8.49. The number of methoxy groups -OCH3 is 1. The van der Waals surface area contributed by atoms with Gasteiger partial charge in [-0.25, -0.2) is 4.79 Å². The van der Waals surface area contributed by atoms with Gasteiger partial charge in [-0.3, -0.25) is 0 Å². The van der Waals surface area contributed by atoms with E-state index >= 15 is 0 Å². The van der Waals surface area contributed by atoms with Crippen LogP contribution in [0.3, 0.4) is 0 Å². The highest BCUT2D eigenvalue weighted by Crippen LogP contribution is 2.23. The second-order valence-corrected chi connectivity index (χ2v) is 6.25. The second-order valence-electron chi connectivity index (χ2n) is 6.25. The molecule has 0 aliphatic heterocycles. The Morgan fingerprint density at radius 1 is 1.22 bits per heavy atom. The number of urea groups is 1. The zero-order chi connectivity index (χ0) is 16.5. The first-order chi connectivity index (χ1) is 11.2. The maximum Gasteiger partial charge on any atom is 0.315 e. The number of rotatable bonds is 7. The standard InChI is InChI=1S/C18H28N2O3/c1-23-17-10-6-14(7-11-17)3-2-12-19-18(22)20-16-8-4-15(13-21)5-9-16/h6-7,10-11,15-16,21H,2-5,8-9,12-13H2,1H3,(H2,19,20,22). The maximum atomic E-state index is 11.9. The zero-order valence-electron chi connectivity index (χ0n) is 13.9. The largest absolute Gasteiger partial charge is 0.497 e. The molecule has 0 atom stereocenters. The highest BCUT2D eigenvalue weighted by molar-refractivity contribution is 5.74. The average molecular weight is 320 g/mol. The highest BCUT2D eigenvalue weighted by Gasteiger charge is 2.21. The van der Waals surface area contributed by atoms with Crippen molar-refractivity contribution >= 4 is 6.03 Å². The first-order valence-electron chi connectivity index (χ1n) is 8.49. The molecule has 5 nitrogen and oxygen atoms in total. The lowest BCUT2D eigenvalue weighted by molar-refractivity contribution is 0.174. The van der Waals surface area contributed by atoms with Crippen LogP contribution in [0, 0.1) is 5.92 Å². The number of carbonyl (C=O) groups excluding carboxylic acids is 1. The van der Waals surface area contributed by atoms with Crippen LogP contribution in [0.25, 0.3) is 0 Å². The van der Waals surface area contributed by atoms with Crippen molar-refractivity contribution in [2.75, 3.05) is 20.3 Å². The molecule has 128 valence electrons. The number of benzene rings is 1. The van der Waals surface area contributed by atoms with E-state index in [1.54, 1.807) is 7.11 Å². The highest BCUT2D eigenvalue weighted by atomic mass is 16.5. The lowest BCUT2D eigenvalue weighted by atomic mass is 9.87. The minimum absolute atomic E-state index is 0.0767. The summed E-state index contributed by atoms with van der Waals surface area (Å²) in [6.07, 6.45) is 5.77. The normalized spacial score (nSPS) is 20.8. The molecule has 1 aromatic rings. The average Bonchev–Trinajstić information content (AvgIpc) is 2.60. The predicted octanol–water partition coefficient (Wildman–Crippen LogP) is 2.48. The van der Waals surface area contributed by atoms with Gasteiger partial charge in [0.05, 0.1) is 7.11 Å². The topological polar surface area (TPSA) is 70.6 Å². The number of aliphatic hydroxyl groups is 1. The molecular weight excluding hydrogens is 292 g/mol. The molecule has 5 heteroatoms. The van der Waals surface area contributed by atoms with Gasteiger partial charge in [0.15, 0.2) is 0 Å². The number of aryl methyl sites for hydroxylation is 1. The lowest BCUT2D eigenvalue weighted by Gasteiger charge is -2.27. The van der Waals surface area contributed by atoms with Crippen molar-refractivity contribution in [2.24, 2.45) is 5.92 Å². The van der Waals surface area contributed by atoms with Gasteiger partial charge in [0.2, 0.25) is 0 Å². The maximum absolute atomic E-state index is 11.9. The minimum Gasteiger partial charge on any atom is -0.497 e. The number of hydrogen-bond donors (Lipinski definition) is 3. The molecule has 1 aliphatic rings. The predicted molar refractivity (Wildman–Crippen MR) is 90.7 cm³/mol. The van der Waals surface area contributed by atoms with Gasteiger partial charge >= 0.3 is 6.03 Å². The Balaban J connectivity index is 1.57. The monoisotopic (exact) mass is 320 g/mol. The number of amides is 2. The summed E-state index contributed by atoms with van der Waals surface area (Å²) in [6, 6.07) is 8.19. The van der Waals surface area contributed by atoms with Crippen LogP contribution < -0.4 is 15.4 Å². The van der Waals surface area contributed by atoms with Crippen molar-refractivity contribution < 1.29 is 14.6 Å². The smallest absolute Gasteiger partial charge is 0.315 e. The molecule has 0 bridgehead atoms. The number of ether oxygens (including phenoxy) is 1. The Morgan fingerprint density at radius 2 is 1.91 bits per heavy atom. The zero-order valence-corrected chi connectivity index (χ0v) is 13.9. The van der Waals surface area contributed by atoms with Crippen molar-refractivity contribution in [1.29, 1.82) is 0 Å². The van der Waals surface area contributed by atoms with Gasteiger partial charge in [-0.05, 0) is 62.1 Å². The third-order valence-corrected chi connectivity index (χ3v) is 4.53. The van der Waals surface area contributed by atoms with Gasteiger partial charge < -0.3 is 20.5 Å². The Hall–Kier alpha value is -1.75. The van der Waals surface area contributed by atoms with Crippen LogP contribution in [0.1, 0.15) is 37.7 Å². The molecule has 0 spiro atoms. The van der Waals surface area contributed by atoms with Crippen molar-refractivity contribution in [3.8, 4) is 5.75 Å². The van der Waals surface area contributed by atoms with Crippen LogP contribution in [-0.2, 0) is 6.42 Å². The van der Waals surface area contributed by atoms with Crippen LogP contribution in [0.5, 0.6) is 5.75 Å². The van der Waals surface area contributed by atoms with E-state index in [-0.39, 0.29) is 18.7 Å². The van der Waals surface area contributed by atoms with Crippen LogP contribution in [0.15, 0.2) is 24.3 Å². The summed E-state index contributed by atoms with van der Waals surface area (Å²) in [5.41, 5.74) is 1.25. The molecule has 1 fully saturated rings. The molecule has 0 unspecified atom stereocenters. The Labute approximate surface area is 138 Å². The van der Waals surface area contributed by atoms with Gasteiger partial charge in [-0.2, -0.15) is 0 Å². The molecular formula is C18H28N2O3. The summed E-state index contributed by atoms with van der Waals surface area (Å²) < 4.78 is 5.13. The van der Waals surface area contributed by atoms with E-state index in [0.29, 0.717) is 12.5 Å². The quantitative estimate of drug-likeness (QED) is 0.676. The minimum atomic E-state index is -0.0767. The van der Waals surface area contributed by atoms with Crippen molar-refractivity contribution in [2.45, 2.75) is 44.6 Å². The van der Waals surface area contributed by atoms with E-state index in [0.717, 1.165) is 44.3 Å². The molecule has 2 amide bonds. The van der Waals surface area contributed by atoms with Gasteiger partial charge in [0.1, 0.15) is 5.75 Å². The Bertz CT molecular complexity index is 468. The van der Waals surface area contributed by atoms with Crippen LogP contribution in [0.4, 0.5) is 4.79 Å². The van der Waals surface area contributed by atoms with Crippen LogP contribution in [0.2, 0.25) is 0 Å². The molecule has 0 saturated heterocycles. The van der Waals surface area contributed by atoms with Crippen LogP contribution in [-0.4, -0.2) is 37.4 Å². The summed E-state index contributed by atoms with van der Waals surface area (Å²) >= 11 is 0. The van der Waals surface area contributed by atoms with Crippen molar-refractivity contribution in [3.63, 3.8) is 0 Å². The summed E-state index contributed by atoms with van der Waals surface area (Å²) in [4.78, 5) is 11.9. The number of nitrogens with one attached hydrogen (secondary N) is 2. The van der Waals surface area contributed by atoms with E-state index < -0.39 is 0 Å². The third-order valence-electron chi connectivity index (χ3n) is 4.53. The molecule has 2 rings (SSSR count). The third kappa shape index (κ3) is 6.10. The molecule has 3 N–H and O–H groups in total.